The molecule has 0 radical (unpaired) electrons. The summed E-state index contributed by atoms with van der Waals surface area (Å²) < 4.78 is 0. The highest BCUT2D eigenvalue weighted by Crippen LogP contribution is 2.23. The number of unbranched alkanes of at least 4 members (excludes halogenated alkanes) is 11. The fraction of sp³-hybridized carbons (Fsp3) is 0.636. The van der Waals surface area contributed by atoms with Gasteiger partial charge in [0.05, 0.1) is 11.1 Å². The van der Waals surface area contributed by atoms with Gasteiger partial charge in [0.1, 0.15) is 0 Å². The van der Waals surface area contributed by atoms with E-state index in [4.69, 9.17) is 5.53 Å². The minimum absolute atomic E-state index is 0.140. The van der Waals surface area contributed by atoms with E-state index in [0.717, 1.165) is 25.7 Å². The van der Waals surface area contributed by atoms with Crippen molar-refractivity contribution in [1.29, 1.82) is 0 Å². The zero-order valence-electron chi connectivity index (χ0n) is 16.8. The standard InChI is InChI=1S/C22H32N4O2/c23-25-24-17-13-9-7-5-3-1-2-4-6-8-10-14-18-26-21(27)19-15-11-12-16-20(19)22(26)28/h11-12,15-16H,1-10,13-14,17-18H2. The van der Waals surface area contributed by atoms with Crippen molar-refractivity contribution in [2.24, 2.45) is 5.11 Å². The smallest absolute Gasteiger partial charge is 0.261 e. The molecule has 0 saturated carbocycles. The van der Waals surface area contributed by atoms with Crippen molar-refractivity contribution in [3.05, 3.63) is 45.8 Å². The highest BCUT2D eigenvalue weighted by molar-refractivity contribution is 6.21. The van der Waals surface area contributed by atoms with Crippen molar-refractivity contribution in [3.63, 3.8) is 0 Å². The molecule has 0 atom stereocenters. The maximum Gasteiger partial charge on any atom is 0.261 e. The fourth-order valence-electron chi connectivity index (χ4n) is 3.71. The Hall–Kier alpha value is -2.33. The SMILES string of the molecule is [N-]=[N+]=NCCCCCCCCCCCCCCN1C(=O)c2ccccc2C1=O. The molecule has 2 rings (SSSR count). The van der Waals surface area contributed by atoms with Gasteiger partial charge in [-0.2, -0.15) is 0 Å². The molecule has 0 aromatic heterocycles. The van der Waals surface area contributed by atoms with Gasteiger partial charge in [0.15, 0.2) is 0 Å². The molecule has 0 aliphatic carbocycles. The molecule has 1 aliphatic rings. The van der Waals surface area contributed by atoms with Gasteiger partial charge in [-0.05, 0) is 30.5 Å². The van der Waals surface area contributed by atoms with Gasteiger partial charge in [-0.25, -0.2) is 0 Å². The number of amides is 2. The van der Waals surface area contributed by atoms with Crippen LogP contribution in [0.5, 0.6) is 0 Å². The molecule has 6 nitrogen and oxygen atoms in total. The molecule has 2 amide bonds. The first-order chi connectivity index (χ1) is 13.8. The van der Waals surface area contributed by atoms with Crippen molar-refractivity contribution in [3.8, 4) is 0 Å². The molecule has 28 heavy (non-hydrogen) atoms. The highest BCUT2D eigenvalue weighted by Gasteiger charge is 2.34. The van der Waals surface area contributed by atoms with E-state index in [0.29, 0.717) is 24.2 Å². The van der Waals surface area contributed by atoms with Crippen LogP contribution in [0, 0.1) is 0 Å². The molecule has 0 bridgehead atoms. The van der Waals surface area contributed by atoms with Crippen LogP contribution in [0.4, 0.5) is 0 Å². The quantitative estimate of drug-likeness (QED) is 0.117. The molecule has 1 aliphatic heterocycles. The molecule has 1 aromatic rings. The number of carbonyl (C=O) groups is 2. The average molecular weight is 385 g/mol. The summed E-state index contributed by atoms with van der Waals surface area (Å²) in [5, 5.41) is 3.54. The minimum atomic E-state index is -0.140. The third-order valence-electron chi connectivity index (χ3n) is 5.33. The molecule has 1 aromatic carbocycles. The summed E-state index contributed by atoms with van der Waals surface area (Å²) in [6, 6.07) is 7.08. The van der Waals surface area contributed by atoms with Crippen LogP contribution in [-0.4, -0.2) is 29.8 Å². The normalized spacial score (nSPS) is 12.9. The van der Waals surface area contributed by atoms with Gasteiger partial charge in [-0.3, -0.25) is 14.5 Å². The predicted octanol–water partition coefficient (Wildman–Crippen LogP) is 6.27. The van der Waals surface area contributed by atoms with Crippen LogP contribution < -0.4 is 0 Å². The molecule has 0 saturated heterocycles. The van der Waals surface area contributed by atoms with Crippen LogP contribution in [-0.2, 0) is 0 Å². The van der Waals surface area contributed by atoms with Crippen LogP contribution in [0.1, 0.15) is 97.8 Å². The van der Waals surface area contributed by atoms with Crippen LogP contribution in [0.15, 0.2) is 29.4 Å². The summed E-state index contributed by atoms with van der Waals surface area (Å²) >= 11 is 0. The molecule has 152 valence electrons. The predicted molar refractivity (Wildman–Crippen MR) is 111 cm³/mol. The second kappa shape index (κ2) is 12.9. The topological polar surface area (TPSA) is 86.1 Å². The summed E-state index contributed by atoms with van der Waals surface area (Å²) in [5.41, 5.74) is 9.28. The zero-order valence-corrected chi connectivity index (χ0v) is 16.8. The molecule has 0 unspecified atom stereocenters. The van der Waals surface area contributed by atoms with E-state index in [1.54, 1.807) is 24.3 Å². The second-order valence-electron chi connectivity index (χ2n) is 7.50. The lowest BCUT2D eigenvalue weighted by Crippen LogP contribution is -2.30. The lowest BCUT2D eigenvalue weighted by molar-refractivity contribution is 0.0651. The Bertz CT molecular complexity index is 648. The van der Waals surface area contributed by atoms with Gasteiger partial charge in [-0.15, -0.1) is 0 Å². The monoisotopic (exact) mass is 384 g/mol. The van der Waals surface area contributed by atoms with Crippen LogP contribution in [0.25, 0.3) is 10.4 Å². The minimum Gasteiger partial charge on any atom is -0.274 e. The Balaban J connectivity index is 1.41. The third-order valence-corrected chi connectivity index (χ3v) is 5.33. The molecule has 0 spiro atoms. The molecule has 0 fully saturated rings. The van der Waals surface area contributed by atoms with Gasteiger partial charge in [0.25, 0.3) is 11.8 Å². The van der Waals surface area contributed by atoms with Crippen molar-refractivity contribution in [2.75, 3.05) is 13.1 Å². The summed E-state index contributed by atoms with van der Waals surface area (Å²) in [6.07, 6.45) is 14.2. The lowest BCUT2D eigenvalue weighted by Gasteiger charge is -2.13. The first-order valence-electron chi connectivity index (χ1n) is 10.7. The van der Waals surface area contributed by atoms with E-state index in [9.17, 15) is 9.59 Å². The maximum absolute atomic E-state index is 12.3. The Labute approximate surface area is 167 Å². The second-order valence-corrected chi connectivity index (χ2v) is 7.50. The first-order valence-corrected chi connectivity index (χ1v) is 10.7. The number of rotatable bonds is 15. The van der Waals surface area contributed by atoms with Gasteiger partial charge in [0.2, 0.25) is 0 Å². The Kier molecular flexibility index (Phi) is 10.2. The number of hydrogen-bond donors (Lipinski definition) is 0. The molecule has 1 heterocycles. The number of imide groups is 1. The summed E-state index contributed by atoms with van der Waals surface area (Å²) in [4.78, 5) is 28.7. The van der Waals surface area contributed by atoms with Crippen LogP contribution >= 0.6 is 0 Å². The Morgan fingerprint density at radius 1 is 0.714 bits per heavy atom. The first kappa shape index (κ1) is 22.0. The number of azide groups is 1. The van der Waals surface area contributed by atoms with Crippen molar-refractivity contribution in [1.82, 2.24) is 4.90 Å². The van der Waals surface area contributed by atoms with E-state index >= 15 is 0 Å². The Morgan fingerprint density at radius 3 is 1.61 bits per heavy atom. The van der Waals surface area contributed by atoms with Gasteiger partial charge in [-0.1, -0.05) is 81.5 Å². The average Bonchev–Trinajstić information content (AvgIpc) is 2.96. The number of carbonyl (C=O) groups excluding carboxylic acids is 2. The van der Waals surface area contributed by atoms with Gasteiger partial charge >= 0.3 is 0 Å². The van der Waals surface area contributed by atoms with E-state index in [1.165, 1.54) is 56.3 Å². The maximum atomic E-state index is 12.3. The van der Waals surface area contributed by atoms with Crippen molar-refractivity contribution < 1.29 is 9.59 Å². The number of nitrogens with zero attached hydrogens (tertiary/aromatic N) is 4. The van der Waals surface area contributed by atoms with Gasteiger partial charge in [0, 0.05) is 18.0 Å². The summed E-state index contributed by atoms with van der Waals surface area (Å²) in [6.45, 7) is 1.16. The van der Waals surface area contributed by atoms with E-state index in [1.807, 2.05) is 0 Å². The zero-order chi connectivity index (χ0) is 20.0. The number of hydrogen-bond acceptors (Lipinski definition) is 3. The molecule has 0 N–H and O–H groups in total. The molecular formula is C22H32N4O2. The number of fused-ring (bicyclic) bond motifs is 1. The third kappa shape index (κ3) is 7.01. The van der Waals surface area contributed by atoms with Crippen molar-refractivity contribution >= 4 is 11.8 Å². The molecular weight excluding hydrogens is 352 g/mol. The summed E-state index contributed by atoms with van der Waals surface area (Å²) in [7, 11) is 0. The van der Waals surface area contributed by atoms with E-state index in [2.05, 4.69) is 10.0 Å². The fourth-order valence-corrected chi connectivity index (χ4v) is 3.71. The largest absolute Gasteiger partial charge is 0.274 e. The highest BCUT2D eigenvalue weighted by atomic mass is 16.2. The lowest BCUT2D eigenvalue weighted by atomic mass is 10.1. The number of benzene rings is 1. The van der Waals surface area contributed by atoms with E-state index < -0.39 is 0 Å². The van der Waals surface area contributed by atoms with Gasteiger partial charge < -0.3 is 0 Å². The summed E-state index contributed by atoms with van der Waals surface area (Å²) in [5.74, 6) is -0.281. The molecule has 6 heteroatoms. The van der Waals surface area contributed by atoms with E-state index in [-0.39, 0.29) is 11.8 Å². The van der Waals surface area contributed by atoms with Crippen LogP contribution in [0.3, 0.4) is 0 Å². The van der Waals surface area contributed by atoms with Crippen molar-refractivity contribution in [2.45, 2.75) is 77.0 Å². The van der Waals surface area contributed by atoms with Crippen LogP contribution in [0.2, 0.25) is 0 Å². The Morgan fingerprint density at radius 2 is 1.14 bits per heavy atom.